The van der Waals surface area contributed by atoms with Crippen molar-refractivity contribution in [1.82, 2.24) is 9.55 Å². The fourth-order valence-electron chi connectivity index (χ4n) is 4.15. The van der Waals surface area contributed by atoms with Crippen molar-refractivity contribution in [3.63, 3.8) is 0 Å². The van der Waals surface area contributed by atoms with Gasteiger partial charge in [0.15, 0.2) is 5.65 Å². The molecule has 1 saturated carbocycles. The molecule has 4 aromatic rings. The van der Waals surface area contributed by atoms with Crippen molar-refractivity contribution in [3.8, 4) is 22.7 Å². The molecule has 2 aromatic carbocycles. The van der Waals surface area contributed by atoms with Crippen molar-refractivity contribution in [1.29, 1.82) is 0 Å². The summed E-state index contributed by atoms with van der Waals surface area (Å²) in [6, 6.07) is 19.5. The van der Waals surface area contributed by atoms with Crippen LogP contribution in [0.25, 0.3) is 27.8 Å². The van der Waals surface area contributed by atoms with Crippen molar-refractivity contribution in [3.05, 3.63) is 82.1 Å². The summed E-state index contributed by atoms with van der Waals surface area (Å²) in [5.74, 6) is 1.14. The van der Waals surface area contributed by atoms with E-state index in [1.54, 1.807) is 23.9 Å². The number of hydrogen-bond donors (Lipinski definition) is 1. The van der Waals surface area contributed by atoms with Crippen LogP contribution in [-0.4, -0.2) is 29.4 Å². The van der Waals surface area contributed by atoms with Gasteiger partial charge in [-0.25, -0.2) is 0 Å². The van der Waals surface area contributed by atoms with Gasteiger partial charge in [0.2, 0.25) is 5.88 Å². The van der Waals surface area contributed by atoms with Crippen molar-refractivity contribution in [2.75, 3.05) is 19.4 Å². The molecule has 0 atom stereocenters. The van der Waals surface area contributed by atoms with E-state index in [4.69, 9.17) is 10.5 Å². The van der Waals surface area contributed by atoms with Gasteiger partial charge >= 0.3 is 0 Å². The predicted molar refractivity (Wildman–Crippen MR) is 134 cm³/mol. The first-order valence-corrected chi connectivity index (χ1v) is 11.2. The van der Waals surface area contributed by atoms with Crippen LogP contribution in [0, 0.1) is 0 Å². The lowest BCUT2D eigenvalue weighted by Crippen LogP contribution is -2.21. The van der Waals surface area contributed by atoms with Gasteiger partial charge in [0.05, 0.1) is 12.3 Å². The highest BCUT2D eigenvalue weighted by Gasteiger charge is 2.23. The fraction of sp³-hybridized carbons (Fsp3) is 0.222. The molecule has 0 aliphatic heterocycles. The number of benzene rings is 2. The normalized spacial score (nSPS) is 13.6. The van der Waals surface area contributed by atoms with E-state index in [0.717, 1.165) is 22.2 Å². The largest absolute Gasteiger partial charge is 0.478 e. The summed E-state index contributed by atoms with van der Waals surface area (Å²) in [6.07, 6.45) is 4.17. The molecule has 0 saturated heterocycles. The van der Waals surface area contributed by atoms with Crippen molar-refractivity contribution >= 4 is 22.9 Å². The van der Waals surface area contributed by atoms with E-state index in [-0.39, 0.29) is 5.56 Å². The van der Waals surface area contributed by atoms with Crippen LogP contribution in [-0.2, 0) is 0 Å². The van der Waals surface area contributed by atoms with E-state index in [0.29, 0.717) is 35.3 Å². The van der Waals surface area contributed by atoms with E-state index in [2.05, 4.69) is 22.1 Å². The number of nitrogens with zero attached hydrogens (tertiary/aromatic N) is 3. The zero-order valence-electron chi connectivity index (χ0n) is 18.8. The van der Waals surface area contributed by atoms with Crippen molar-refractivity contribution in [2.45, 2.75) is 25.7 Å². The molecule has 1 fully saturated rings. The molecule has 1 aliphatic carbocycles. The van der Waals surface area contributed by atoms with E-state index < -0.39 is 0 Å². The maximum atomic E-state index is 13.9. The first-order chi connectivity index (χ1) is 16.1. The zero-order valence-corrected chi connectivity index (χ0v) is 18.8. The third kappa shape index (κ3) is 4.00. The Morgan fingerprint density at radius 2 is 1.91 bits per heavy atom. The van der Waals surface area contributed by atoms with E-state index >= 15 is 0 Å². The Kier molecular flexibility index (Phi) is 5.42. The Morgan fingerprint density at radius 3 is 2.61 bits per heavy atom. The second kappa shape index (κ2) is 8.54. The smallest absolute Gasteiger partial charge is 0.264 e. The molecular weight excluding hydrogens is 412 g/mol. The number of anilines is 1. The third-order valence-electron chi connectivity index (χ3n) is 5.98. The second-order valence-corrected chi connectivity index (χ2v) is 8.29. The van der Waals surface area contributed by atoms with Crippen molar-refractivity contribution in [2.24, 2.45) is 4.99 Å². The summed E-state index contributed by atoms with van der Waals surface area (Å²) in [5, 5.41) is 0.849. The molecule has 2 N–H and O–H groups in total. The highest BCUT2D eigenvalue weighted by molar-refractivity contribution is 5.90. The second-order valence-electron chi connectivity index (χ2n) is 8.29. The van der Waals surface area contributed by atoms with Gasteiger partial charge in [-0.15, -0.1) is 0 Å². The van der Waals surface area contributed by atoms with Gasteiger partial charge in [0.25, 0.3) is 5.56 Å². The summed E-state index contributed by atoms with van der Waals surface area (Å²) >= 11 is 0. The molecule has 2 aromatic heterocycles. The monoisotopic (exact) mass is 438 g/mol. The Morgan fingerprint density at radius 1 is 1.12 bits per heavy atom. The predicted octanol–water partition coefficient (Wildman–Crippen LogP) is 4.96. The lowest BCUT2D eigenvalue weighted by atomic mass is 10.0. The minimum atomic E-state index is -0.146. The number of rotatable bonds is 6. The Balaban J connectivity index is 1.75. The van der Waals surface area contributed by atoms with E-state index in [1.807, 2.05) is 49.4 Å². The molecule has 0 bridgehead atoms. The summed E-state index contributed by atoms with van der Waals surface area (Å²) in [7, 11) is 1.70. The SMILES string of the molecule is CCOc1ccc2cc(-c3ccc(N)c(C=NC)c3)c(=O)n(-c3ccc(C4CC4)cc3)c2n1. The maximum absolute atomic E-state index is 13.9. The van der Waals surface area contributed by atoms with Gasteiger partial charge in [-0.3, -0.25) is 14.4 Å². The molecule has 166 valence electrons. The molecule has 0 unspecified atom stereocenters. The van der Waals surface area contributed by atoms with Gasteiger partial charge < -0.3 is 10.5 Å². The van der Waals surface area contributed by atoms with Crippen LogP contribution in [0.1, 0.15) is 36.8 Å². The number of pyridine rings is 2. The topological polar surface area (TPSA) is 82.5 Å². The molecule has 6 heteroatoms. The van der Waals surface area contributed by atoms with E-state index in [1.165, 1.54) is 18.4 Å². The number of aliphatic imine (C=N–C) groups is 1. The van der Waals surface area contributed by atoms with Crippen LogP contribution in [0.15, 0.2) is 70.5 Å². The van der Waals surface area contributed by atoms with Crippen LogP contribution in [0.5, 0.6) is 5.88 Å². The lowest BCUT2D eigenvalue weighted by molar-refractivity contribution is 0.328. The molecule has 0 amide bonds. The molecule has 5 rings (SSSR count). The number of hydrogen-bond acceptors (Lipinski definition) is 5. The highest BCUT2D eigenvalue weighted by atomic mass is 16.5. The number of aromatic nitrogens is 2. The van der Waals surface area contributed by atoms with Gasteiger partial charge in [0, 0.05) is 41.5 Å². The molecular formula is C27H26N4O2. The summed E-state index contributed by atoms with van der Waals surface area (Å²) in [4.78, 5) is 22.6. The Labute approximate surface area is 192 Å². The van der Waals surface area contributed by atoms with Gasteiger partial charge in [0.1, 0.15) is 0 Å². The van der Waals surface area contributed by atoms with Gasteiger partial charge in [-0.2, -0.15) is 4.98 Å². The first kappa shape index (κ1) is 20.9. The number of ether oxygens (including phenoxy) is 1. The quantitative estimate of drug-likeness (QED) is 0.341. The first-order valence-electron chi connectivity index (χ1n) is 11.2. The minimum Gasteiger partial charge on any atom is -0.478 e. The fourth-order valence-corrected chi connectivity index (χ4v) is 4.15. The average Bonchev–Trinajstić information content (AvgIpc) is 3.67. The lowest BCUT2D eigenvalue weighted by Gasteiger charge is -2.15. The minimum absolute atomic E-state index is 0.146. The van der Waals surface area contributed by atoms with Crippen LogP contribution < -0.4 is 16.0 Å². The van der Waals surface area contributed by atoms with Crippen LogP contribution in [0.4, 0.5) is 5.69 Å². The van der Waals surface area contributed by atoms with E-state index in [9.17, 15) is 4.79 Å². The number of fused-ring (bicyclic) bond motifs is 1. The van der Waals surface area contributed by atoms with Crippen molar-refractivity contribution < 1.29 is 4.74 Å². The molecule has 2 heterocycles. The zero-order chi connectivity index (χ0) is 22.9. The molecule has 6 nitrogen and oxygen atoms in total. The van der Waals surface area contributed by atoms with Crippen LogP contribution >= 0.6 is 0 Å². The van der Waals surface area contributed by atoms with Gasteiger partial charge in [-0.1, -0.05) is 18.2 Å². The molecule has 1 aliphatic rings. The maximum Gasteiger partial charge on any atom is 0.264 e. The van der Waals surface area contributed by atoms with Crippen LogP contribution in [0.3, 0.4) is 0 Å². The van der Waals surface area contributed by atoms with Gasteiger partial charge in [-0.05, 0) is 73.2 Å². The highest BCUT2D eigenvalue weighted by Crippen LogP contribution is 2.40. The average molecular weight is 439 g/mol. The molecule has 0 radical (unpaired) electrons. The standard InChI is InChI=1S/C27H26N4O2/c1-3-33-25-13-9-20-15-23(19-8-12-24(28)21(14-19)16-29-2)27(32)31(26(20)30-25)22-10-6-18(7-11-22)17-4-5-17/h6-17H,3-5,28H2,1-2H3. The number of nitrogen functional groups attached to an aromatic ring is 1. The summed E-state index contributed by atoms with van der Waals surface area (Å²) in [5.41, 5.74) is 11.4. The third-order valence-corrected chi connectivity index (χ3v) is 5.98. The Hall–Kier alpha value is -3.93. The summed E-state index contributed by atoms with van der Waals surface area (Å²) < 4.78 is 7.29. The van der Waals surface area contributed by atoms with Crippen LogP contribution in [0.2, 0.25) is 0 Å². The Bertz CT molecular complexity index is 1420. The summed E-state index contributed by atoms with van der Waals surface area (Å²) in [6.45, 7) is 2.42. The number of nitrogens with two attached hydrogens (primary N) is 1. The molecule has 0 spiro atoms. The molecule has 33 heavy (non-hydrogen) atoms.